The van der Waals surface area contributed by atoms with E-state index >= 15 is 0 Å². The average molecular weight is 363 g/mol. The van der Waals surface area contributed by atoms with Gasteiger partial charge in [-0.25, -0.2) is 0 Å². The third-order valence-electron chi connectivity index (χ3n) is 4.16. The van der Waals surface area contributed by atoms with Crippen LogP contribution in [-0.2, 0) is 4.79 Å². The van der Waals surface area contributed by atoms with Crippen LogP contribution < -0.4 is 10.1 Å². The number of aromatic nitrogens is 2. The maximum absolute atomic E-state index is 12.1. The summed E-state index contributed by atoms with van der Waals surface area (Å²) in [5, 5.41) is 13.4. The molecule has 27 heavy (non-hydrogen) atoms. The molecule has 3 aromatic rings. The Bertz CT molecular complexity index is 991. The number of hydrogen-bond donors (Lipinski definition) is 1. The number of carbonyl (C=O) groups is 1. The molecule has 1 aromatic heterocycles. The van der Waals surface area contributed by atoms with Crippen LogP contribution in [0.1, 0.15) is 31.9 Å². The van der Waals surface area contributed by atoms with Gasteiger partial charge in [0.1, 0.15) is 5.69 Å². The Balaban J connectivity index is 1.96. The van der Waals surface area contributed by atoms with E-state index in [-0.39, 0.29) is 18.1 Å². The zero-order valence-electron chi connectivity index (χ0n) is 16.5. The summed E-state index contributed by atoms with van der Waals surface area (Å²) >= 11 is 0. The van der Waals surface area contributed by atoms with Crippen LogP contribution in [0.2, 0.25) is 0 Å². The van der Waals surface area contributed by atoms with Crippen LogP contribution in [0.25, 0.3) is 22.0 Å². The molecule has 0 aliphatic heterocycles. The summed E-state index contributed by atoms with van der Waals surface area (Å²) in [4.78, 5) is 12.1. The van der Waals surface area contributed by atoms with Crippen LogP contribution >= 0.6 is 0 Å². The van der Waals surface area contributed by atoms with Gasteiger partial charge in [-0.2, -0.15) is 0 Å². The number of nitrogens with zero attached hydrogens (tertiary/aromatic N) is 2. The van der Waals surface area contributed by atoms with Gasteiger partial charge in [-0.1, -0.05) is 35.9 Å². The SMILES string of the molecule is Cc1ccc(C)c(-c2nnc(OCC(=O)NC(C)(C)C)c3ccccc23)c1. The van der Waals surface area contributed by atoms with E-state index in [0.717, 1.165) is 27.6 Å². The molecule has 1 N–H and O–H groups in total. The summed E-state index contributed by atoms with van der Waals surface area (Å²) in [5.41, 5.74) is 3.87. The van der Waals surface area contributed by atoms with E-state index in [1.165, 1.54) is 5.56 Å². The number of fused-ring (bicyclic) bond motifs is 1. The van der Waals surface area contributed by atoms with Gasteiger partial charge in [0.2, 0.25) is 5.88 Å². The van der Waals surface area contributed by atoms with Gasteiger partial charge in [-0.15, -0.1) is 10.2 Å². The number of aryl methyl sites for hydroxylation is 2. The molecule has 0 aliphatic carbocycles. The molecule has 2 aromatic carbocycles. The second-order valence-electron chi connectivity index (χ2n) is 7.80. The number of amides is 1. The summed E-state index contributed by atoms with van der Waals surface area (Å²) in [6.45, 7) is 9.81. The third-order valence-corrected chi connectivity index (χ3v) is 4.16. The number of ether oxygens (including phenoxy) is 1. The molecule has 5 nitrogen and oxygen atoms in total. The summed E-state index contributed by atoms with van der Waals surface area (Å²) < 4.78 is 5.69. The maximum Gasteiger partial charge on any atom is 0.258 e. The highest BCUT2D eigenvalue weighted by Gasteiger charge is 2.17. The second-order valence-corrected chi connectivity index (χ2v) is 7.80. The molecule has 0 fully saturated rings. The van der Waals surface area contributed by atoms with Crippen molar-refractivity contribution in [1.29, 1.82) is 0 Å². The second kappa shape index (κ2) is 7.35. The monoisotopic (exact) mass is 363 g/mol. The molecule has 0 aliphatic rings. The molecule has 0 saturated carbocycles. The summed E-state index contributed by atoms with van der Waals surface area (Å²) in [6, 6.07) is 14.1. The summed E-state index contributed by atoms with van der Waals surface area (Å²) in [7, 11) is 0. The van der Waals surface area contributed by atoms with Gasteiger partial charge in [0.15, 0.2) is 6.61 Å². The predicted molar refractivity (Wildman–Crippen MR) is 108 cm³/mol. The van der Waals surface area contributed by atoms with Crippen molar-refractivity contribution in [3.05, 3.63) is 53.6 Å². The molecule has 0 atom stereocenters. The van der Waals surface area contributed by atoms with E-state index in [1.807, 2.05) is 45.0 Å². The minimum atomic E-state index is -0.305. The standard InChI is InChI=1S/C22H25N3O2/c1-14-10-11-15(2)18(12-14)20-16-8-6-7-9-17(16)21(25-24-20)27-13-19(26)23-22(3,4)5/h6-12H,13H2,1-5H3,(H,23,26). The Labute approximate surface area is 159 Å². The largest absolute Gasteiger partial charge is 0.466 e. The van der Waals surface area contributed by atoms with Crippen LogP contribution in [-0.4, -0.2) is 28.3 Å². The molecule has 5 heteroatoms. The van der Waals surface area contributed by atoms with Crippen molar-refractivity contribution in [1.82, 2.24) is 15.5 Å². The van der Waals surface area contributed by atoms with Crippen LogP contribution in [0, 0.1) is 13.8 Å². The topological polar surface area (TPSA) is 64.1 Å². The van der Waals surface area contributed by atoms with Gasteiger partial charge in [0.05, 0.1) is 0 Å². The lowest BCUT2D eigenvalue weighted by Crippen LogP contribution is -2.43. The number of benzene rings is 2. The molecule has 1 heterocycles. The van der Waals surface area contributed by atoms with E-state index < -0.39 is 0 Å². The van der Waals surface area contributed by atoms with Crippen LogP contribution in [0.15, 0.2) is 42.5 Å². The van der Waals surface area contributed by atoms with Gasteiger partial charge in [-0.3, -0.25) is 4.79 Å². The zero-order valence-corrected chi connectivity index (χ0v) is 16.5. The fraction of sp³-hybridized carbons (Fsp3) is 0.318. The van der Waals surface area contributed by atoms with Gasteiger partial charge < -0.3 is 10.1 Å². The Morgan fingerprint density at radius 3 is 2.44 bits per heavy atom. The number of hydrogen-bond acceptors (Lipinski definition) is 4. The number of rotatable bonds is 4. The highest BCUT2D eigenvalue weighted by Crippen LogP contribution is 2.32. The molecule has 0 saturated heterocycles. The van der Waals surface area contributed by atoms with E-state index in [9.17, 15) is 4.79 Å². The summed E-state index contributed by atoms with van der Waals surface area (Å²) in [6.07, 6.45) is 0. The third kappa shape index (κ3) is 4.42. The van der Waals surface area contributed by atoms with Crippen molar-refractivity contribution in [2.75, 3.05) is 6.61 Å². The van der Waals surface area contributed by atoms with Crippen LogP contribution in [0.5, 0.6) is 5.88 Å². The van der Waals surface area contributed by atoms with Crippen molar-refractivity contribution in [3.8, 4) is 17.1 Å². The number of nitrogens with one attached hydrogen (secondary N) is 1. The lowest BCUT2D eigenvalue weighted by atomic mass is 9.99. The Morgan fingerprint density at radius 2 is 1.74 bits per heavy atom. The van der Waals surface area contributed by atoms with Crippen molar-refractivity contribution < 1.29 is 9.53 Å². The molecule has 140 valence electrons. The van der Waals surface area contributed by atoms with Crippen molar-refractivity contribution in [2.24, 2.45) is 0 Å². The van der Waals surface area contributed by atoms with Gasteiger partial charge in [0.25, 0.3) is 5.91 Å². The Morgan fingerprint density at radius 1 is 1.04 bits per heavy atom. The first kappa shape index (κ1) is 18.8. The molecular formula is C22H25N3O2. The zero-order chi connectivity index (χ0) is 19.6. The Hall–Kier alpha value is -2.95. The molecule has 0 unspecified atom stereocenters. The molecule has 0 radical (unpaired) electrons. The predicted octanol–water partition coefficient (Wildman–Crippen LogP) is 4.21. The number of carbonyl (C=O) groups excluding carboxylic acids is 1. The average Bonchev–Trinajstić information content (AvgIpc) is 2.60. The lowest BCUT2D eigenvalue weighted by Gasteiger charge is -2.20. The molecule has 3 rings (SSSR count). The minimum Gasteiger partial charge on any atom is -0.466 e. The fourth-order valence-corrected chi connectivity index (χ4v) is 2.96. The van der Waals surface area contributed by atoms with Crippen LogP contribution in [0.4, 0.5) is 0 Å². The molecule has 0 bridgehead atoms. The fourth-order valence-electron chi connectivity index (χ4n) is 2.96. The van der Waals surface area contributed by atoms with Gasteiger partial charge >= 0.3 is 0 Å². The van der Waals surface area contributed by atoms with Gasteiger partial charge in [-0.05, 0) is 52.3 Å². The first-order chi connectivity index (χ1) is 12.7. The molecule has 0 spiro atoms. The minimum absolute atomic E-state index is 0.0984. The van der Waals surface area contributed by atoms with Gasteiger partial charge in [0, 0.05) is 21.9 Å². The smallest absolute Gasteiger partial charge is 0.258 e. The van der Waals surface area contributed by atoms with Crippen molar-refractivity contribution in [3.63, 3.8) is 0 Å². The van der Waals surface area contributed by atoms with Crippen LogP contribution in [0.3, 0.4) is 0 Å². The van der Waals surface area contributed by atoms with E-state index in [1.54, 1.807) is 0 Å². The lowest BCUT2D eigenvalue weighted by molar-refractivity contribution is -0.124. The first-order valence-electron chi connectivity index (χ1n) is 9.01. The Kier molecular flexibility index (Phi) is 5.13. The highest BCUT2D eigenvalue weighted by atomic mass is 16.5. The summed E-state index contributed by atoms with van der Waals surface area (Å²) in [5.74, 6) is 0.177. The maximum atomic E-state index is 12.1. The highest BCUT2D eigenvalue weighted by molar-refractivity contribution is 5.97. The molecular weight excluding hydrogens is 338 g/mol. The molecule has 1 amide bonds. The van der Waals surface area contributed by atoms with E-state index in [2.05, 4.69) is 47.6 Å². The first-order valence-corrected chi connectivity index (χ1v) is 9.01. The van der Waals surface area contributed by atoms with Crippen molar-refractivity contribution >= 4 is 16.7 Å². The van der Waals surface area contributed by atoms with E-state index in [0.29, 0.717) is 5.88 Å². The quantitative estimate of drug-likeness (QED) is 0.754. The normalized spacial score (nSPS) is 11.4. The van der Waals surface area contributed by atoms with E-state index in [4.69, 9.17) is 4.74 Å². The van der Waals surface area contributed by atoms with Crippen molar-refractivity contribution in [2.45, 2.75) is 40.2 Å².